The fourth-order valence-electron chi connectivity index (χ4n) is 4.45. The summed E-state index contributed by atoms with van der Waals surface area (Å²) in [4.78, 5) is 20.5. The molecule has 0 bridgehead atoms. The van der Waals surface area contributed by atoms with Crippen LogP contribution in [0.25, 0.3) is 0 Å². The Morgan fingerprint density at radius 1 is 1.24 bits per heavy atom. The van der Waals surface area contributed by atoms with Gasteiger partial charge in [-0.15, -0.1) is 4.59 Å². The van der Waals surface area contributed by atoms with Crippen LogP contribution < -0.4 is 11.6 Å². The summed E-state index contributed by atoms with van der Waals surface area (Å²) in [5, 5.41) is 0. The van der Waals surface area contributed by atoms with Crippen molar-refractivity contribution in [2.75, 3.05) is 0 Å². The van der Waals surface area contributed by atoms with Crippen LogP contribution in [0.1, 0.15) is 31.2 Å². The molecule has 1 fully saturated rings. The zero-order chi connectivity index (χ0) is 20.4. The number of carbonyl (C=O) groups is 1. The molecule has 0 saturated heterocycles. The van der Waals surface area contributed by atoms with Crippen LogP contribution >= 0.6 is 22.6 Å². The van der Waals surface area contributed by atoms with Crippen molar-refractivity contribution in [3.05, 3.63) is 59.7 Å². The van der Waals surface area contributed by atoms with E-state index in [0.717, 1.165) is 46.5 Å². The molecule has 152 valence electrons. The highest BCUT2D eigenvalue weighted by Crippen LogP contribution is 2.42. The summed E-state index contributed by atoms with van der Waals surface area (Å²) in [6.45, 7) is 0. The number of carbonyl (C=O) groups excluding carboxylic acids is 1. The smallest absolute Gasteiger partial charge is 0.404 e. The average Bonchev–Trinajstić information content (AvgIpc) is 2.99. The van der Waals surface area contributed by atoms with Crippen LogP contribution in [0, 0.1) is 11.8 Å². The lowest BCUT2D eigenvalue weighted by Gasteiger charge is -2.33. The van der Waals surface area contributed by atoms with E-state index in [-0.39, 0.29) is 16.6 Å². The van der Waals surface area contributed by atoms with Gasteiger partial charge in [-0.3, -0.25) is 4.99 Å². The zero-order valence-corrected chi connectivity index (χ0v) is 18.2. The van der Waals surface area contributed by atoms with Crippen LogP contribution in [-0.2, 0) is 11.2 Å². The van der Waals surface area contributed by atoms with Crippen LogP contribution in [0.15, 0.2) is 64.1 Å². The number of aliphatic imine (C=N–C) groups is 2. The van der Waals surface area contributed by atoms with Crippen molar-refractivity contribution in [3.63, 3.8) is 0 Å². The van der Waals surface area contributed by atoms with E-state index in [1.807, 2.05) is 30.6 Å². The van der Waals surface area contributed by atoms with E-state index in [1.54, 1.807) is 6.20 Å². The molecule has 4 N–H and O–H groups in total. The van der Waals surface area contributed by atoms with E-state index in [0.29, 0.717) is 12.3 Å². The molecule has 7 nitrogen and oxygen atoms in total. The number of ether oxygens (including phenoxy) is 1. The van der Waals surface area contributed by atoms with Crippen LogP contribution in [0.3, 0.4) is 0 Å². The Kier molecular flexibility index (Phi) is 5.84. The predicted molar refractivity (Wildman–Crippen MR) is 121 cm³/mol. The van der Waals surface area contributed by atoms with Crippen molar-refractivity contribution in [2.24, 2.45) is 33.4 Å². The van der Waals surface area contributed by atoms with Crippen molar-refractivity contribution in [2.45, 2.75) is 38.2 Å². The molecule has 0 radical (unpaired) electrons. The fourth-order valence-corrected chi connectivity index (χ4v) is 5.13. The first-order valence-electron chi connectivity index (χ1n) is 9.85. The van der Waals surface area contributed by atoms with Gasteiger partial charge in [0.2, 0.25) is 5.70 Å². The van der Waals surface area contributed by atoms with Crippen molar-refractivity contribution in [1.29, 1.82) is 0 Å². The molecule has 1 aromatic rings. The Labute approximate surface area is 183 Å². The number of benzene rings is 1. The molecular formula is C21H25IN5O2+. The number of rotatable bonds is 5. The molecule has 8 heteroatoms. The lowest BCUT2D eigenvalue weighted by molar-refractivity contribution is -0.745. The second-order valence-electron chi connectivity index (χ2n) is 7.78. The lowest BCUT2D eigenvalue weighted by atomic mass is 9.76. The van der Waals surface area contributed by atoms with Crippen molar-refractivity contribution in [3.8, 4) is 0 Å². The first kappa shape index (κ1) is 20.2. The molecule has 0 spiro atoms. The average molecular weight is 506 g/mol. The summed E-state index contributed by atoms with van der Waals surface area (Å²) < 4.78 is 6.46. The monoisotopic (exact) mass is 506 g/mol. The zero-order valence-electron chi connectivity index (χ0n) is 16.1. The second-order valence-corrected chi connectivity index (χ2v) is 8.75. The van der Waals surface area contributed by atoms with Gasteiger partial charge in [0.15, 0.2) is 0 Å². The Balaban J connectivity index is 1.46. The first-order chi connectivity index (χ1) is 14.0. The largest absolute Gasteiger partial charge is 0.446 e. The Morgan fingerprint density at radius 3 is 2.66 bits per heavy atom. The van der Waals surface area contributed by atoms with E-state index in [9.17, 15) is 4.79 Å². The van der Waals surface area contributed by atoms with E-state index in [2.05, 4.69) is 39.7 Å². The number of amidine groups is 1. The summed E-state index contributed by atoms with van der Waals surface area (Å²) in [5.41, 5.74) is 8.50. The molecule has 4 rings (SSSR count). The molecule has 1 aliphatic carbocycles. The number of amides is 1. The SMILES string of the molecule is NC(=O)OC(Cc1ccccc1)C1CCC(C2=C3C=NC=C[N+]3(N)C(I)=N2)CC1. The minimum Gasteiger partial charge on any atom is -0.446 e. The van der Waals surface area contributed by atoms with Gasteiger partial charge in [-0.2, -0.15) is 10.8 Å². The molecule has 0 aromatic heterocycles. The number of allylic oxidation sites excluding steroid dienone is 2. The third kappa shape index (κ3) is 4.15. The Morgan fingerprint density at radius 2 is 1.97 bits per heavy atom. The number of nitrogens with two attached hydrogens (primary N) is 2. The van der Waals surface area contributed by atoms with E-state index in [4.69, 9.17) is 21.3 Å². The molecule has 2 aliphatic heterocycles. The minimum atomic E-state index is -0.705. The summed E-state index contributed by atoms with van der Waals surface area (Å²) in [7, 11) is 0. The van der Waals surface area contributed by atoms with Gasteiger partial charge in [-0.05, 0) is 37.2 Å². The molecule has 29 heavy (non-hydrogen) atoms. The summed E-state index contributed by atoms with van der Waals surface area (Å²) in [6, 6.07) is 10.1. The van der Waals surface area contributed by atoms with E-state index in [1.165, 1.54) is 0 Å². The Hall–Kier alpha value is -2.04. The first-order valence-corrected chi connectivity index (χ1v) is 10.9. The third-order valence-corrected chi connectivity index (χ3v) is 7.03. The molecule has 1 saturated carbocycles. The van der Waals surface area contributed by atoms with Crippen molar-refractivity contribution >= 4 is 38.7 Å². The van der Waals surface area contributed by atoms with E-state index < -0.39 is 6.09 Å². The maximum absolute atomic E-state index is 11.5. The molecule has 3 aliphatic rings. The predicted octanol–water partition coefficient (Wildman–Crippen LogP) is 3.76. The van der Waals surface area contributed by atoms with Gasteiger partial charge in [0.1, 0.15) is 18.0 Å². The summed E-state index contributed by atoms with van der Waals surface area (Å²) in [6.07, 6.45) is 9.03. The van der Waals surface area contributed by atoms with Gasteiger partial charge in [-0.1, -0.05) is 30.3 Å². The third-order valence-electron chi connectivity index (χ3n) is 6.00. The molecule has 1 aromatic carbocycles. The van der Waals surface area contributed by atoms with Gasteiger partial charge in [-0.25, -0.2) is 4.79 Å². The molecule has 2 unspecified atom stereocenters. The van der Waals surface area contributed by atoms with Gasteiger partial charge in [0.25, 0.3) is 3.84 Å². The lowest BCUT2D eigenvalue weighted by Crippen LogP contribution is -2.50. The molecular weight excluding hydrogens is 481 g/mol. The number of nitrogens with zero attached hydrogens (tertiary/aromatic N) is 3. The maximum atomic E-state index is 11.5. The number of fused-ring (bicyclic) bond motifs is 1. The number of quaternary nitrogens is 1. The second kappa shape index (κ2) is 8.37. The van der Waals surface area contributed by atoms with Crippen molar-refractivity contribution < 1.29 is 14.1 Å². The normalized spacial score (nSPS) is 29.4. The van der Waals surface area contributed by atoms with Crippen LogP contribution in [0.2, 0.25) is 0 Å². The number of hydrogen-bond acceptors (Lipinski definition) is 5. The number of halogens is 1. The van der Waals surface area contributed by atoms with Gasteiger partial charge < -0.3 is 10.5 Å². The number of primary amides is 1. The molecule has 2 atom stereocenters. The van der Waals surface area contributed by atoms with Crippen LogP contribution in [0.5, 0.6) is 0 Å². The maximum Gasteiger partial charge on any atom is 0.404 e. The van der Waals surface area contributed by atoms with Crippen molar-refractivity contribution in [1.82, 2.24) is 0 Å². The summed E-state index contributed by atoms with van der Waals surface area (Å²) >= 11 is 2.21. The quantitative estimate of drug-likeness (QED) is 0.275. The summed E-state index contributed by atoms with van der Waals surface area (Å²) in [5.74, 6) is 7.13. The van der Waals surface area contributed by atoms with Gasteiger partial charge in [0, 0.05) is 12.3 Å². The molecule has 2 heterocycles. The fraction of sp³-hybridized carbons (Fsp3) is 0.381. The standard InChI is InChI=1S/C21H24IN5O2/c22-20-26-19(17-13-25-10-11-27(17,20)24)16-8-6-15(7-9-16)18(29-21(23)28)12-14-4-2-1-3-5-14/h1-5,10-11,13,15-16,18H,6-9,12,24H2,(H-,23,28)/p+1. The van der Waals surface area contributed by atoms with Crippen LogP contribution in [0.4, 0.5) is 4.79 Å². The minimum absolute atomic E-state index is 0.112. The Bertz CT molecular complexity index is 903. The van der Waals surface area contributed by atoms with Gasteiger partial charge >= 0.3 is 6.09 Å². The highest BCUT2D eigenvalue weighted by atomic mass is 127. The number of hydrogen-bond donors (Lipinski definition) is 2. The highest BCUT2D eigenvalue weighted by Gasteiger charge is 2.44. The van der Waals surface area contributed by atoms with Crippen LogP contribution in [-0.4, -0.2) is 26.8 Å². The highest BCUT2D eigenvalue weighted by molar-refractivity contribution is 14.1. The topological polar surface area (TPSA) is 103 Å². The van der Waals surface area contributed by atoms with Gasteiger partial charge in [0.05, 0.1) is 35.0 Å². The molecule has 1 amide bonds. The van der Waals surface area contributed by atoms with E-state index >= 15 is 0 Å².